The van der Waals surface area contributed by atoms with Crippen molar-refractivity contribution < 1.29 is 9.21 Å². The van der Waals surface area contributed by atoms with Gasteiger partial charge in [-0.2, -0.15) is 0 Å². The van der Waals surface area contributed by atoms with Crippen LogP contribution >= 0.6 is 0 Å². The lowest BCUT2D eigenvalue weighted by Gasteiger charge is -2.14. The first kappa shape index (κ1) is 14.5. The second-order valence-corrected chi connectivity index (χ2v) is 5.30. The number of carbonyl (C=O) groups is 1. The van der Waals surface area contributed by atoms with Crippen molar-refractivity contribution in [3.8, 4) is 0 Å². The average molecular weight is 275 g/mol. The van der Waals surface area contributed by atoms with Gasteiger partial charge in [-0.1, -0.05) is 6.92 Å². The topological polar surface area (TPSA) is 72.4 Å². The standard InChI is InChI=1S/C15H21N3O2/c1-4-10(7-8-18(2)3)15-17-12-9-11(14(16)19)5-6-13(12)20-15/h5-6,9-10H,4,7-8H2,1-3H3,(H2,16,19). The Bertz CT molecular complexity index is 604. The fourth-order valence-corrected chi connectivity index (χ4v) is 2.19. The predicted octanol–water partition coefficient (Wildman–Crippen LogP) is 2.37. The number of benzene rings is 1. The lowest BCUT2D eigenvalue weighted by atomic mass is 10.0. The molecule has 2 N–H and O–H groups in total. The van der Waals surface area contributed by atoms with Gasteiger partial charge in [0, 0.05) is 11.5 Å². The zero-order chi connectivity index (χ0) is 14.7. The van der Waals surface area contributed by atoms with E-state index in [4.69, 9.17) is 10.2 Å². The third-order valence-corrected chi connectivity index (χ3v) is 3.46. The van der Waals surface area contributed by atoms with Crippen LogP contribution in [0.3, 0.4) is 0 Å². The monoisotopic (exact) mass is 275 g/mol. The summed E-state index contributed by atoms with van der Waals surface area (Å²) in [5.41, 5.74) is 7.13. The van der Waals surface area contributed by atoms with Gasteiger partial charge in [0.15, 0.2) is 11.5 Å². The molecule has 1 unspecified atom stereocenters. The van der Waals surface area contributed by atoms with E-state index < -0.39 is 5.91 Å². The summed E-state index contributed by atoms with van der Waals surface area (Å²) in [6.45, 7) is 3.12. The molecule has 2 rings (SSSR count). The SMILES string of the molecule is CCC(CCN(C)C)c1nc2cc(C(N)=O)ccc2o1. The van der Waals surface area contributed by atoms with E-state index in [1.807, 2.05) is 0 Å². The van der Waals surface area contributed by atoms with E-state index in [1.165, 1.54) is 0 Å². The van der Waals surface area contributed by atoms with Crippen LogP contribution < -0.4 is 5.73 Å². The van der Waals surface area contributed by atoms with Gasteiger partial charge in [-0.05, 0) is 51.7 Å². The van der Waals surface area contributed by atoms with Gasteiger partial charge in [0.05, 0.1) is 0 Å². The molecule has 0 aliphatic carbocycles. The summed E-state index contributed by atoms with van der Waals surface area (Å²) in [5.74, 6) is 0.587. The molecule has 1 amide bonds. The highest BCUT2D eigenvalue weighted by atomic mass is 16.3. The van der Waals surface area contributed by atoms with Crippen LogP contribution in [-0.2, 0) is 0 Å². The van der Waals surface area contributed by atoms with E-state index in [0.717, 1.165) is 25.3 Å². The number of oxazole rings is 1. The number of hydrogen-bond donors (Lipinski definition) is 1. The Morgan fingerprint density at radius 1 is 1.45 bits per heavy atom. The fourth-order valence-electron chi connectivity index (χ4n) is 2.19. The maximum Gasteiger partial charge on any atom is 0.248 e. The molecular weight excluding hydrogens is 254 g/mol. The second-order valence-electron chi connectivity index (χ2n) is 5.30. The molecule has 108 valence electrons. The molecule has 1 aromatic heterocycles. The van der Waals surface area contributed by atoms with Crippen LogP contribution in [0.4, 0.5) is 0 Å². The maximum absolute atomic E-state index is 11.2. The van der Waals surface area contributed by atoms with Crippen molar-refractivity contribution >= 4 is 17.0 Å². The van der Waals surface area contributed by atoms with Crippen LogP contribution in [0, 0.1) is 0 Å². The van der Waals surface area contributed by atoms with E-state index in [-0.39, 0.29) is 0 Å². The molecule has 2 aromatic rings. The smallest absolute Gasteiger partial charge is 0.248 e. The van der Waals surface area contributed by atoms with Crippen LogP contribution in [-0.4, -0.2) is 36.4 Å². The molecule has 0 aliphatic rings. The highest BCUT2D eigenvalue weighted by Crippen LogP contribution is 2.27. The van der Waals surface area contributed by atoms with Gasteiger partial charge in [-0.3, -0.25) is 4.79 Å². The number of nitrogens with zero attached hydrogens (tertiary/aromatic N) is 2. The third-order valence-electron chi connectivity index (χ3n) is 3.46. The van der Waals surface area contributed by atoms with E-state index in [9.17, 15) is 4.79 Å². The molecule has 1 aromatic carbocycles. The number of nitrogens with two attached hydrogens (primary N) is 1. The van der Waals surface area contributed by atoms with Crippen molar-refractivity contribution in [2.24, 2.45) is 5.73 Å². The van der Waals surface area contributed by atoms with Crippen molar-refractivity contribution in [2.75, 3.05) is 20.6 Å². The minimum atomic E-state index is -0.448. The first-order valence-electron chi connectivity index (χ1n) is 6.86. The van der Waals surface area contributed by atoms with Gasteiger partial charge in [-0.15, -0.1) is 0 Å². The highest BCUT2D eigenvalue weighted by Gasteiger charge is 2.17. The quantitative estimate of drug-likeness (QED) is 0.878. The van der Waals surface area contributed by atoms with Gasteiger partial charge in [0.2, 0.25) is 5.91 Å². The van der Waals surface area contributed by atoms with Gasteiger partial charge in [-0.25, -0.2) is 4.98 Å². The number of hydrogen-bond acceptors (Lipinski definition) is 4. The minimum absolute atomic E-state index is 0.293. The molecule has 0 aliphatic heterocycles. The zero-order valence-corrected chi connectivity index (χ0v) is 12.2. The van der Waals surface area contributed by atoms with Gasteiger partial charge in [0.1, 0.15) is 5.52 Å². The molecule has 0 spiro atoms. The van der Waals surface area contributed by atoms with E-state index >= 15 is 0 Å². The summed E-state index contributed by atoms with van der Waals surface area (Å²) < 4.78 is 5.81. The Morgan fingerprint density at radius 2 is 2.20 bits per heavy atom. The molecule has 1 heterocycles. The van der Waals surface area contributed by atoms with Crippen molar-refractivity contribution in [1.82, 2.24) is 9.88 Å². The summed E-state index contributed by atoms with van der Waals surface area (Å²) in [7, 11) is 4.11. The van der Waals surface area contributed by atoms with Crippen molar-refractivity contribution in [3.05, 3.63) is 29.7 Å². The van der Waals surface area contributed by atoms with Crippen LogP contribution in [0.2, 0.25) is 0 Å². The predicted molar refractivity (Wildman–Crippen MR) is 78.7 cm³/mol. The molecule has 5 nitrogen and oxygen atoms in total. The minimum Gasteiger partial charge on any atom is -0.440 e. The van der Waals surface area contributed by atoms with Gasteiger partial charge in [0.25, 0.3) is 0 Å². The van der Waals surface area contributed by atoms with Crippen LogP contribution in [0.25, 0.3) is 11.1 Å². The Labute approximate surface area is 118 Å². The summed E-state index contributed by atoms with van der Waals surface area (Å²) in [6, 6.07) is 5.11. The maximum atomic E-state index is 11.2. The third kappa shape index (κ3) is 3.17. The molecule has 0 radical (unpaired) electrons. The lowest BCUT2D eigenvalue weighted by Crippen LogP contribution is -2.15. The van der Waals surface area contributed by atoms with Crippen molar-refractivity contribution in [2.45, 2.75) is 25.7 Å². The first-order chi connectivity index (χ1) is 9.51. The Hall–Kier alpha value is -1.88. The fraction of sp³-hybridized carbons (Fsp3) is 0.467. The molecule has 0 fully saturated rings. The van der Waals surface area contributed by atoms with Crippen LogP contribution in [0.1, 0.15) is 41.9 Å². The summed E-state index contributed by atoms with van der Waals surface area (Å²) in [5, 5.41) is 0. The van der Waals surface area contributed by atoms with Gasteiger partial charge < -0.3 is 15.1 Å². The van der Waals surface area contributed by atoms with Crippen molar-refractivity contribution in [1.29, 1.82) is 0 Å². The summed E-state index contributed by atoms with van der Waals surface area (Å²) in [4.78, 5) is 17.8. The Kier molecular flexibility index (Phi) is 4.39. The summed E-state index contributed by atoms with van der Waals surface area (Å²) >= 11 is 0. The van der Waals surface area contributed by atoms with Crippen molar-refractivity contribution in [3.63, 3.8) is 0 Å². The van der Waals surface area contributed by atoms with E-state index in [1.54, 1.807) is 18.2 Å². The molecule has 5 heteroatoms. The zero-order valence-electron chi connectivity index (χ0n) is 12.2. The number of aromatic nitrogens is 1. The molecule has 1 atom stereocenters. The van der Waals surface area contributed by atoms with Crippen LogP contribution in [0.15, 0.2) is 22.6 Å². The summed E-state index contributed by atoms with van der Waals surface area (Å²) in [6.07, 6.45) is 1.97. The first-order valence-corrected chi connectivity index (χ1v) is 6.86. The lowest BCUT2D eigenvalue weighted by molar-refractivity contribution is 0.100. The molecule has 0 bridgehead atoms. The Morgan fingerprint density at radius 3 is 2.80 bits per heavy atom. The molecule has 20 heavy (non-hydrogen) atoms. The van der Waals surface area contributed by atoms with E-state index in [0.29, 0.717) is 22.6 Å². The van der Waals surface area contributed by atoms with Crippen LogP contribution in [0.5, 0.6) is 0 Å². The molecular formula is C15H21N3O2. The molecule has 0 saturated heterocycles. The van der Waals surface area contributed by atoms with E-state index in [2.05, 4.69) is 30.9 Å². The largest absolute Gasteiger partial charge is 0.440 e. The normalized spacial score (nSPS) is 13.0. The second kappa shape index (κ2) is 6.05. The molecule has 0 saturated carbocycles. The Balaban J connectivity index is 2.27. The highest BCUT2D eigenvalue weighted by molar-refractivity contribution is 5.95. The number of fused-ring (bicyclic) bond motifs is 1. The average Bonchev–Trinajstić information content (AvgIpc) is 2.81. The number of amides is 1. The van der Waals surface area contributed by atoms with Gasteiger partial charge >= 0.3 is 0 Å². The number of rotatable bonds is 6. The number of primary amides is 1. The number of carbonyl (C=O) groups excluding carboxylic acids is 1.